The maximum atomic E-state index is 13.2. The number of benzene rings is 3. The maximum Gasteiger partial charge on any atom is 0.354 e. The quantitative estimate of drug-likeness (QED) is 0.500. The Morgan fingerprint density at radius 3 is 2.45 bits per heavy atom. The van der Waals surface area contributed by atoms with Crippen LogP contribution in [0.1, 0.15) is 5.56 Å². The standard InChI is InChI=1S/C20H15Cl2FN5O/c21-16-5-3-6-17(19(16)22)28(20(24)25-26-27-28)12-13-4-1-2-7-18(13)29-15-10-8-14(23)9-11-15/h1-11H,12H2,(H2,24,25,27)/q+1/t28-/m1/s1. The minimum absolute atomic E-state index is 0.144. The van der Waals surface area contributed by atoms with E-state index in [1.807, 2.05) is 18.2 Å². The normalized spacial score (nSPS) is 18.0. The largest absolute Gasteiger partial charge is 0.457 e. The number of para-hydroxylation sites is 1. The van der Waals surface area contributed by atoms with E-state index >= 15 is 0 Å². The van der Waals surface area contributed by atoms with Crippen molar-refractivity contribution < 1.29 is 9.13 Å². The molecule has 1 aliphatic rings. The first-order valence-corrected chi connectivity index (χ1v) is 9.35. The minimum atomic E-state index is -0.341. The fraction of sp³-hybridized carbons (Fsp3) is 0.0500. The number of halogens is 3. The molecule has 3 aromatic rings. The fourth-order valence-electron chi connectivity index (χ4n) is 3.01. The Balaban J connectivity index is 1.75. The summed E-state index contributed by atoms with van der Waals surface area (Å²) in [6.07, 6.45) is 0. The molecule has 1 atom stereocenters. The van der Waals surface area contributed by atoms with Gasteiger partial charge in [0.15, 0.2) is 5.69 Å². The summed E-state index contributed by atoms with van der Waals surface area (Å²) >= 11 is 12.7. The van der Waals surface area contributed by atoms with Crippen LogP contribution < -0.4 is 15.1 Å². The number of nitrogens with zero attached hydrogens (tertiary/aromatic N) is 4. The predicted octanol–water partition coefficient (Wildman–Crippen LogP) is 6.04. The molecule has 0 aliphatic carbocycles. The number of ether oxygens (including phenoxy) is 1. The molecule has 0 radical (unpaired) electrons. The monoisotopic (exact) mass is 430 g/mol. The van der Waals surface area contributed by atoms with Gasteiger partial charge in [0.05, 0.1) is 15.8 Å². The summed E-state index contributed by atoms with van der Waals surface area (Å²) in [7, 11) is 0. The first-order chi connectivity index (χ1) is 14.0. The van der Waals surface area contributed by atoms with Crippen LogP contribution in [0.15, 0.2) is 82.3 Å². The van der Waals surface area contributed by atoms with Crippen LogP contribution in [-0.2, 0) is 6.54 Å². The third-order valence-corrected chi connectivity index (χ3v) is 5.27. The van der Waals surface area contributed by atoms with Gasteiger partial charge in [0.2, 0.25) is 0 Å². The van der Waals surface area contributed by atoms with E-state index in [1.165, 1.54) is 12.1 Å². The summed E-state index contributed by atoms with van der Waals surface area (Å²) in [5.41, 5.74) is 7.49. The molecule has 0 bridgehead atoms. The zero-order valence-corrected chi connectivity index (χ0v) is 16.5. The van der Waals surface area contributed by atoms with Crippen molar-refractivity contribution in [1.82, 2.24) is 4.59 Å². The lowest BCUT2D eigenvalue weighted by molar-refractivity contribution is 0.399. The molecule has 0 spiro atoms. The van der Waals surface area contributed by atoms with Crippen LogP contribution in [0.5, 0.6) is 11.5 Å². The van der Waals surface area contributed by atoms with E-state index in [0.29, 0.717) is 27.2 Å². The SMILES string of the molecule is NC1=NN=N[N@+]1(Cc1ccccc1Oc1ccc(F)cc1)c1cccc(Cl)c1Cl. The highest BCUT2D eigenvalue weighted by Gasteiger charge is 2.44. The number of hydrogen-bond donors (Lipinski definition) is 1. The van der Waals surface area contributed by atoms with Crippen molar-refractivity contribution in [2.45, 2.75) is 6.54 Å². The lowest BCUT2D eigenvalue weighted by Crippen LogP contribution is -2.51. The van der Waals surface area contributed by atoms with E-state index in [1.54, 1.807) is 36.4 Å². The van der Waals surface area contributed by atoms with E-state index in [0.717, 1.165) is 5.56 Å². The van der Waals surface area contributed by atoms with Gasteiger partial charge >= 0.3 is 5.96 Å². The van der Waals surface area contributed by atoms with Gasteiger partial charge in [-0.3, -0.25) is 0 Å². The van der Waals surface area contributed by atoms with Gasteiger partial charge in [-0.05, 0) is 47.6 Å². The maximum absolute atomic E-state index is 13.2. The molecule has 146 valence electrons. The van der Waals surface area contributed by atoms with Crippen molar-refractivity contribution in [3.05, 3.63) is 88.2 Å². The topological polar surface area (TPSA) is 72.3 Å². The van der Waals surface area contributed by atoms with Crippen molar-refractivity contribution in [3.63, 3.8) is 0 Å². The predicted molar refractivity (Wildman–Crippen MR) is 111 cm³/mol. The summed E-state index contributed by atoms with van der Waals surface area (Å²) in [4.78, 5) is 0. The second kappa shape index (κ2) is 7.79. The first kappa shape index (κ1) is 19.3. The van der Waals surface area contributed by atoms with Gasteiger partial charge in [0.25, 0.3) is 0 Å². The van der Waals surface area contributed by atoms with E-state index in [4.69, 9.17) is 33.7 Å². The van der Waals surface area contributed by atoms with Gasteiger partial charge < -0.3 is 10.5 Å². The fourth-order valence-corrected chi connectivity index (χ4v) is 3.45. The molecule has 0 amide bonds. The van der Waals surface area contributed by atoms with E-state index < -0.39 is 0 Å². The van der Waals surface area contributed by atoms with Crippen molar-refractivity contribution in [1.29, 1.82) is 0 Å². The molecular weight excluding hydrogens is 416 g/mol. The van der Waals surface area contributed by atoms with E-state index in [9.17, 15) is 4.39 Å². The zero-order chi connectivity index (χ0) is 20.4. The Labute approximate surface area is 176 Å². The number of guanidine groups is 1. The molecule has 1 aliphatic heterocycles. The van der Waals surface area contributed by atoms with Gasteiger partial charge in [-0.2, -0.15) is 0 Å². The molecule has 9 heteroatoms. The Morgan fingerprint density at radius 1 is 0.966 bits per heavy atom. The highest BCUT2D eigenvalue weighted by atomic mass is 35.5. The summed E-state index contributed by atoms with van der Waals surface area (Å²) in [6.45, 7) is 0.232. The highest BCUT2D eigenvalue weighted by Crippen LogP contribution is 2.41. The summed E-state index contributed by atoms with van der Waals surface area (Å²) in [5, 5.41) is 12.6. The Kier molecular flexibility index (Phi) is 5.19. The van der Waals surface area contributed by atoms with Crippen molar-refractivity contribution in [2.75, 3.05) is 0 Å². The second-order valence-electron chi connectivity index (χ2n) is 6.30. The Bertz CT molecular complexity index is 1120. The van der Waals surface area contributed by atoms with Gasteiger partial charge in [0.1, 0.15) is 28.9 Å². The molecular formula is C20H15Cl2FN5O+. The van der Waals surface area contributed by atoms with Crippen LogP contribution in [0.2, 0.25) is 10.0 Å². The summed E-state index contributed by atoms with van der Waals surface area (Å²) < 4.78 is 18.9. The van der Waals surface area contributed by atoms with Crippen molar-refractivity contribution in [2.24, 2.45) is 21.3 Å². The zero-order valence-electron chi connectivity index (χ0n) is 15.0. The highest BCUT2D eigenvalue weighted by molar-refractivity contribution is 6.43. The van der Waals surface area contributed by atoms with Crippen LogP contribution in [-0.4, -0.2) is 5.96 Å². The number of nitrogens with two attached hydrogens (primary N) is 1. The number of quaternary nitrogens is 1. The second-order valence-corrected chi connectivity index (χ2v) is 7.09. The van der Waals surface area contributed by atoms with Gasteiger partial charge in [0, 0.05) is 11.3 Å². The van der Waals surface area contributed by atoms with Crippen molar-refractivity contribution in [3.8, 4) is 11.5 Å². The van der Waals surface area contributed by atoms with Crippen LogP contribution >= 0.6 is 23.2 Å². The molecule has 29 heavy (non-hydrogen) atoms. The molecule has 6 nitrogen and oxygen atoms in total. The first-order valence-electron chi connectivity index (χ1n) is 8.60. The third kappa shape index (κ3) is 3.67. The average Bonchev–Trinajstić information content (AvgIpc) is 3.08. The lowest BCUT2D eigenvalue weighted by Gasteiger charge is -2.26. The van der Waals surface area contributed by atoms with Crippen LogP contribution in [0.4, 0.5) is 10.1 Å². The van der Waals surface area contributed by atoms with Crippen molar-refractivity contribution >= 4 is 34.8 Å². The molecule has 0 unspecified atom stereocenters. The summed E-state index contributed by atoms with van der Waals surface area (Å²) in [5.74, 6) is 0.860. The molecule has 0 saturated heterocycles. The van der Waals surface area contributed by atoms with E-state index in [2.05, 4.69) is 15.5 Å². The van der Waals surface area contributed by atoms with Gasteiger partial charge in [-0.25, -0.2) is 4.39 Å². The number of hydrogen-bond acceptors (Lipinski definition) is 5. The smallest absolute Gasteiger partial charge is 0.354 e. The minimum Gasteiger partial charge on any atom is -0.457 e. The molecule has 1 heterocycles. The van der Waals surface area contributed by atoms with Gasteiger partial charge in [-0.1, -0.05) is 46.0 Å². The molecule has 3 aromatic carbocycles. The molecule has 0 aromatic heterocycles. The van der Waals surface area contributed by atoms with Crippen LogP contribution in [0, 0.1) is 5.82 Å². The Morgan fingerprint density at radius 2 is 1.72 bits per heavy atom. The van der Waals surface area contributed by atoms with Gasteiger partial charge in [-0.15, -0.1) is 0 Å². The van der Waals surface area contributed by atoms with E-state index in [-0.39, 0.29) is 22.9 Å². The molecule has 4 rings (SSSR count). The molecule has 0 fully saturated rings. The van der Waals surface area contributed by atoms with Crippen LogP contribution in [0.3, 0.4) is 0 Å². The average molecular weight is 431 g/mol. The van der Waals surface area contributed by atoms with Crippen LogP contribution in [0.25, 0.3) is 0 Å². The summed E-state index contributed by atoms with van der Waals surface area (Å²) in [6, 6.07) is 18.3. The lowest BCUT2D eigenvalue weighted by atomic mass is 10.1. The molecule has 2 N–H and O–H groups in total. The molecule has 0 saturated carbocycles. The Hall–Kier alpha value is -3.00. The number of rotatable bonds is 5. The third-order valence-electron chi connectivity index (χ3n) is 4.46.